The zero-order valence-electron chi connectivity index (χ0n) is 10.0. The zero-order valence-corrected chi connectivity index (χ0v) is 11.6. The summed E-state index contributed by atoms with van der Waals surface area (Å²) in [5.41, 5.74) is 0.511. The molecule has 0 saturated carbocycles. The second kappa shape index (κ2) is 5.48. The van der Waals surface area contributed by atoms with E-state index in [4.69, 9.17) is 0 Å². The van der Waals surface area contributed by atoms with Gasteiger partial charge in [-0.15, -0.1) is 0 Å². The van der Waals surface area contributed by atoms with Gasteiger partial charge in [0.25, 0.3) is 5.91 Å². The molecule has 1 aliphatic heterocycles. The Balaban J connectivity index is 2.00. The van der Waals surface area contributed by atoms with Crippen LogP contribution in [0.4, 0.5) is 0 Å². The molecule has 1 saturated heterocycles. The average Bonchev–Trinajstić information content (AvgIpc) is 2.34. The summed E-state index contributed by atoms with van der Waals surface area (Å²) in [6, 6.07) is 3.44. The summed E-state index contributed by atoms with van der Waals surface area (Å²) in [5.74, 6) is -0.0363. The van der Waals surface area contributed by atoms with Gasteiger partial charge in [-0.25, -0.2) is 4.98 Å². The molecule has 0 aliphatic carbocycles. The van der Waals surface area contributed by atoms with Crippen molar-refractivity contribution in [2.75, 3.05) is 13.6 Å². The molecule has 1 fully saturated rings. The van der Waals surface area contributed by atoms with E-state index in [1.165, 1.54) is 0 Å². The van der Waals surface area contributed by atoms with Gasteiger partial charge in [0.05, 0.1) is 5.56 Å². The van der Waals surface area contributed by atoms with Gasteiger partial charge in [0.2, 0.25) is 5.91 Å². The second-order valence-corrected chi connectivity index (χ2v) is 5.08. The minimum atomic E-state index is -0.164. The van der Waals surface area contributed by atoms with Crippen molar-refractivity contribution in [3.8, 4) is 0 Å². The largest absolute Gasteiger partial charge is 0.347 e. The Morgan fingerprint density at radius 3 is 3.06 bits per heavy atom. The van der Waals surface area contributed by atoms with Gasteiger partial charge < -0.3 is 10.2 Å². The summed E-state index contributed by atoms with van der Waals surface area (Å²) in [4.78, 5) is 29.0. The number of nitrogens with one attached hydrogen (secondary N) is 1. The molecule has 1 aromatic rings. The van der Waals surface area contributed by atoms with Crippen LogP contribution >= 0.6 is 15.9 Å². The fraction of sp³-hybridized carbons (Fsp3) is 0.417. The maximum atomic E-state index is 12.0. The average molecular weight is 312 g/mol. The molecule has 2 rings (SSSR count). The highest BCUT2D eigenvalue weighted by atomic mass is 79.9. The van der Waals surface area contributed by atoms with Gasteiger partial charge in [-0.05, 0) is 34.5 Å². The van der Waals surface area contributed by atoms with Gasteiger partial charge in [-0.1, -0.05) is 0 Å². The molecule has 96 valence electrons. The fourth-order valence-corrected chi connectivity index (χ4v) is 2.38. The van der Waals surface area contributed by atoms with Crippen molar-refractivity contribution >= 4 is 27.7 Å². The van der Waals surface area contributed by atoms with Crippen LogP contribution in [0.3, 0.4) is 0 Å². The summed E-state index contributed by atoms with van der Waals surface area (Å²) >= 11 is 3.25. The van der Waals surface area contributed by atoms with E-state index in [1.807, 2.05) is 0 Å². The molecule has 0 spiro atoms. The molecule has 1 atom stereocenters. The zero-order chi connectivity index (χ0) is 13.1. The predicted octanol–water partition coefficient (Wildman–Crippen LogP) is 1.19. The number of rotatable bonds is 2. The lowest BCUT2D eigenvalue weighted by atomic mass is 10.1. The lowest BCUT2D eigenvalue weighted by Gasteiger charge is -2.30. The maximum absolute atomic E-state index is 12.0. The Hall–Kier alpha value is -1.43. The first kappa shape index (κ1) is 13.0. The third-order valence-electron chi connectivity index (χ3n) is 2.97. The minimum absolute atomic E-state index is 0.00676. The molecule has 0 aromatic carbocycles. The van der Waals surface area contributed by atoms with Crippen LogP contribution in [0.2, 0.25) is 0 Å². The van der Waals surface area contributed by atoms with E-state index in [2.05, 4.69) is 26.2 Å². The number of amides is 2. The topological polar surface area (TPSA) is 62.3 Å². The van der Waals surface area contributed by atoms with E-state index in [9.17, 15) is 9.59 Å². The molecule has 1 aromatic heterocycles. The van der Waals surface area contributed by atoms with E-state index >= 15 is 0 Å². The number of piperidine rings is 1. The van der Waals surface area contributed by atoms with Crippen LogP contribution in [0.5, 0.6) is 0 Å². The fourth-order valence-electron chi connectivity index (χ4n) is 1.95. The van der Waals surface area contributed by atoms with Crippen molar-refractivity contribution in [1.29, 1.82) is 0 Å². The summed E-state index contributed by atoms with van der Waals surface area (Å²) in [7, 11) is 1.75. The second-order valence-electron chi connectivity index (χ2n) is 4.33. The van der Waals surface area contributed by atoms with Crippen LogP contribution in [-0.2, 0) is 4.79 Å². The highest BCUT2D eigenvalue weighted by molar-refractivity contribution is 9.10. The monoisotopic (exact) mass is 311 g/mol. The van der Waals surface area contributed by atoms with Gasteiger partial charge in [-0.3, -0.25) is 9.59 Å². The van der Waals surface area contributed by atoms with Crippen LogP contribution < -0.4 is 5.32 Å². The molecule has 1 unspecified atom stereocenters. The Morgan fingerprint density at radius 2 is 2.39 bits per heavy atom. The number of hydrogen-bond donors (Lipinski definition) is 1. The van der Waals surface area contributed by atoms with Gasteiger partial charge in [0.1, 0.15) is 4.60 Å². The van der Waals surface area contributed by atoms with Crippen molar-refractivity contribution in [2.24, 2.45) is 0 Å². The number of likely N-dealkylation sites (tertiary alicyclic amines) is 1. The molecule has 0 bridgehead atoms. The molecule has 1 aliphatic rings. The molecule has 0 radical (unpaired) electrons. The molecule has 1 N–H and O–H groups in total. The van der Waals surface area contributed by atoms with Crippen LogP contribution in [0.1, 0.15) is 23.2 Å². The predicted molar refractivity (Wildman–Crippen MR) is 70.1 cm³/mol. The number of likely N-dealkylation sites (N-methyl/N-ethyl adjacent to an activating group) is 1. The summed E-state index contributed by atoms with van der Waals surface area (Å²) in [6.45, 7) is 0.558. The number of pyridine rings is 1. The number of hydrogen-bond acceptors (Lipinski definition) is 3. The third-order valence-corrected chi connectivity index (χ3v) is 3.60. The van der Waals surface area contributed by atoms with Crippen LogP contribution in [0, 0.1) is 0 Å². The maximum Gasteiger partial charge on any atom is 0.254 e. The standard InChI is InChI=1S/C12H14BrN3O2/c1-16-7-8(4-5-10(16)17)15-12(18)9-3-2-6-14-11(9)13/h2-3,6,8H,4-5,7H2,1H3,(H,15,18). The van der Waals surface area contributed by atoms with Gasteiger partial charge in [0.15, 0.2) is 0 Å². The quantitative estimate of drug-likeness (QED) is 0.835. The molecule has 5 nitrogen and oxygen atoms in total. The summed E-state index contributed by atoms with van der Waals surface area (Å²) in [6.07, 6.45) is 2.79. The Kier molecular flexibility index (Phi) is 3.96. The molecule has 2 heterocycles. The van der Waals surface area contributed by atoms with Crippen LogP contribution in [0.25, 0.3) is 0 Å². The third kappa shape index (κ3) is 2.87. The number of nitrogens with zero attached hydrogens (tertiary/aromatic N) is 2. The Bertz CT molecular complexity index is 478. The molecule has 18 heavy (non-hydrogen) atoms. The van der Waals surface area contributed by atoms with Gasteiger partial charge >= 0.3 is 0 Å². The highest BCUT2D eigenvalue weighted by Crippen LogP contribution is 2.14. The highest BCUT2D eigenvalue weighted by Gasteiger charge is 2.24. The number of carbonyl (C=O) groups is 2. The van der Waals surface area contributed by atoms with Crippen LogP contribution in [-0.4, -0.2) is 41.3 Å². The van der Waals surface area contributed by atoms with E-state index < -0.39 is 0 Å². The van der Waals surface area contributed by atoms with E-state index in [0.29, 0.717) is 29.6 Å². The van der Waals surface area contributed by atoms with E-state index in [-0.39, 0.29) is 17.9 Å². The van der Waals surface area contributed by atoms with Crippen LogP contribution in [0.15, 0.2) is 22.9 Å². The molecular formula is C12H14BrN3O2. The SMILES string of the molecule is CN1CC(NC(=O)c2cccnc2Br)CCC1=O. The lowest BCUT2D eigenvalue weighted by molar-refractivity contribution is -0.132. The Morgan fingerprint density at radius 1 is 1.61 bits per heavy atom. The van der Waals surface area contributed by atoms with Gasteiger partial charge in [-0.2, -0.15) is 0 Å². The molecular weight excluding hydrogens is 298 g/mol. The minimum Gasteiger partial charge on any atom is -0.347 e. The first-order valence-corrected chi connectivity index (χ1v) is 6.52. The molecule has 6 heteroatoms. The smallest absolute Gasteiger partial charge is 0.254 e. The normalized spacial score (nSPS) is 19.8. The summed E-state index contributed by atoms with van der Waals surface area (Å²) < 4.78 is 0.530. The van der Waals surface area contributed by atoms with Crippen molar-refractivity contribution < 1.29 is 9.59 Å². The number of aromatic nitrogens is 1. The molecule has 2 amide bonds. The van der Waals surface area contributed by atoms with Crippen molar-refractivity contribution in [1.82, 2.24) is 15.2 Å². The summed E-state index contributed by atoms with van der Waals surface area (Å²) in [5, 5.41) is 2.92. The van der Waals surface area contributed by atoms with Crippen molar-refractivity contribution in [2.45, 2.75) is 18.9 Å². The first-order valence-electron chi connectivity index (χ1n) is 5.73. The van der Waals surface area contributed by atoms with Gasteiger partial charge in [0, 0.05) is 32.3 Å². The number of carbonyl (C=O) groups excluding carboxylic acids is 2. The van der Waals surface area contributed by atoms with E-state index in [0.717, 1.165) is 0 Å². The van der Waals surface area contributed by atoms with Crippen molar-refractivity contribution in [3.05, 3.63) is 28.5 Å². The van der Waals surface area contributed by atoms with E-state index in [1.54, 1.807) is 30.3 Å². The lowest BCUT2D eigenvalue weighted by Crippen LogP contribution is -2.48. The first-order chi connectivity index (χ1) is 8.58. The van der Waals surface area contributed by atoms with Crippen molar-refractivity contribution in [3.63, 3.8) is 0 Å². The Labute approximate surface area is 114 Å². The number of halogens is 1.